The minimum Gasteiger partial charge on any atom is -0.313 e. The van der Waals surface area contributed by atoms with Crippen LogP contribution in [-0.4, -0.2) is 54.7 Å². The molecule has 0 spiro atoms. The standard InChI is InChI=1S/C12H26N2O2S2/c1-5-12-9-14(6-7-17-12)18(15,16)11(4)8-13-10(2)3/h10-13H,5-9H2,1-4H3. The molecule has 2 unspecified atom stereocenters. The average molecular weight is 294 g/mol. The third-order valence-corrected chi connectivity index (χ3v) is 6.85. The van der Waals surface area contributed by atoms with Crippen LogP contribution in [0.3, 0.4) is 0 Å². The maximum atomic E-state index is 12.4. The van der Waals surface area contributed by atoms with Gasteiger partial charge in [0.1, 0.15) is 0 Å². The van der Waals surface area contributed by atoms with Crippen molar-refractivity contribution >= 4 is 21.8 Å². The van der Waals surface area contributed by atoms with E-state index in [4.69, 9.17) is 0 Å². The van der Waals surface area contributed by atoms with Gasteiger partial charge in [0.15, 0.2) is 0 Å². The lowest BCUT2D eigenvalue weighted by Crippen LogP contribution is -2.48. The molecule has 1 N–H and O–H groups in total. The molecule has 0 aromatic heterocycles. The van der Waals surface area contributed by atoms with Crippen LogP contribution in [0.15, 0.2) is 0 Å². The molecule has 2 atom stereocenters. The first-order chi connectivity index (χ1) is 8.37. The lowest BCUT2D eigenvalue weighted by Gasteiger charge is -2.33. The van der Waals surface area contributed by atoms with Crippen LogP contribution in [0.2, 0.25) is 0 Å². The Bertz CT molecular complexity index is 344. The normalized spacial score (nSPS) is 24.4. The van der Waals surface area contributed by atoms with Crippen molar-refractivity contribution in [3.8, 4) is 0 Å². The summed E-state index contributed by atoms with van der Waals surface area (Å²) in [5, 5.41) is 3.32. The molecule has 0 aromatic carbocycles. The van der Waals surface area contributed by atoms with Crippen molar-refractivity contribution in [2.24, 2.45) is 0 Å². The van der Waals surface area contributed by atoms with Crippen LogP contribution in [0.4, 0.5) is 0 Å². The monoisotopic (exact) mass is 294 g/mol. The minimum atomic E-state index is -3.14. The molecule has 18 heavy (non-hydrogen) atoms. The first-order valence-corrected chi connectivity index (χ1v) is 9.27. The van der Waals surface area contributed by atoms with Crippen LogP contribution < -0.4 is 5.32 Å². The maximum Gasteiger partial charge on any atom is 0.218 e. The Labute approximate surface area is 116 Å². The smallest absolute Gasteiger partial charge is 0.218 e. The predicted octanol–water partition coefficient (Wildman–Crippen LogP) is 1.53. The van der Waals surface area contributed by atoms with E-state index >= 15 is 0 Å². The second-order valence-corrected chi connectivity index (χ2v) is 8.94. The van der Waals surface area contributed by atoms with Crippen LogP contribution in [0, 0.1) is 0 Å². The lowest BCUT2D eigenvalue weighted by molar-refractivity contribution is 0.406. The van der Waals surface area contributed by atoms with Gasteiger partial charge in [-0.3, -0.25) is 0 Å². The fourth-order valence-electron chi connectivity index (χ4n) is 1.93. The molecular weight excluding hydrogens is 268 g/mol. The van der Waals surface area contributed by atoms with Gasteiger partial charge < -0.3 is 5.32 Å². The largest absolute Gasteiger partial charge is 0.313 e. The van der Waals surface area contributed by atoms with Gasteiger partial charge in [-0.25, -0.2) is 8.42 Å². The molecule has 1 aliphatic heterocycles. The maximum absolute atomic E-state index is 12.4. The molecule has 1 rings (SSSR count). The van der Waals surface area contributed by atoms with Crippen LogP contribution in [0.25, 0.3) is 0 Å². The van der Waals surface area contributed by atoms with Crippen molar-refractivity contribution in [2.45, 2.75) is 50.7 Å². The first kappa shape index (κ1) is 16.3. The van der Waals surface area contributed by atoms with Gasteiger partial charge in [-0.1, -0.05) is 20.8 Å². The molecule has 108 valence electrons. The number of rotatable bonds is 6. The Morgan fingerprint density at radius 2 is 2.06 bits per heavy atom. The van der Waals surface area contributed by atoms with Crippen molar-refractivity contribution in [3.63, 3.8) is 0 Å². The van der Waals surface area contributed by atoms with Gasteiger partial charge in [0.25, 0.3) is 0 Å². The van der Waals surface area contributed by atoms with E-state index in [1.54, 1.807) is 11.2 Å². The van der Waals surface area contributed by atoms with E-state index in [0.29, 0.717) is 30.9 Å². The molecule has 1 heterocycles. The molecule has 1 fully saturated rings. The highest BCUT2D eigenvalue weighted by molar-refractivity contribution is 8.00. The van der Waals surface area contributed by atoms with Crippen molar-refractivity contribution in [1.82, 2.24) is 9.62 Å². The van der Waals surface area contributed by atoms with Crippen molar-refractivity contribution in [1.29, 1.82) is 0 Å². The molecule has 0 radical (unpaired) electrons. The number of nitrogens with one attached hydrogen (secondary N) is 1. The summed E-state index contributed by atoms with van der Waals surface area (Å²) in [6.07, 6.45) is 1.04. The van der Waals surface area contributed by atoms with E-state index < -0.39 is 10.0 Å². The second kappa shape index (κ2) is 7.12. The summed E-state index contributed by atoms with van der Waals surface area (Å²) in [7, 11) is -3.14. The molecule has 0 bridgehead atoms. The van der Waals surface area contributed by atoms with Crippen LogP contribution >= 0.6 is 11.8 Å². The van der Waals surface area contributed by atoms with E-state index in [9.17, 15) is 8.42 Å². The second-order valence-electron chi connectivity index (χ2n) is 5.18. The molecular formula is C12H26N2O2S2. The average Bonchev–Trinajstić information content (AvgIpc) is 2.35. The quantitative estimate of drug-likeness (QED) is 0.807. The zero-order valence-corrected chi connectivity index (χ0v) is 13.5. The van der Waals surface area contributed by atoms with Crippen LogP contribution in [0.5, 0.6) is 0 Å². The molecule has 0 aromatic rings. The van der Waals surface area contributed by atoms with Gasteiger partial charge in [-0.15, -0.1) is 0 Å². The summed E-state index contributed by atoms with van der Waals surface area (Å²) >= 11 is 1.89. The van der Waals surface area contributed by atoms with Gasteiger partial charge in [0.05, 0.1) is 5.25 Å². The molecule has 0 saturated carbocycles. The Morgan fingerprint density at radius 1 is 1.39 bits per heavy atom. The molecule has 0 aliphatic carbocycles. The molecule has 4 nitrogen and oxygen atoms in total. The first-order valence-electron chi connectivity index (χ1n) is 6.71. The fourth-order valence-corrected chi connectivity index (χ4v) is 4.87. The number of thioether (sulfide) groups is 1. The Morgan fingerprint density at radius 3 is 2.61 bits per heavy atom. The fraction of sp³-hybridized carbons (Fsp3) is 1.00. The zero-order valence-electron chi connectivity index (χ0n) is 11.8. The van der Waals surface area contributed by atoms with E-state index in [1.165, 1.54) is 0 Å². The van der Waals surface area contributed by atoms with Crippen molar-refractivity contribution in [3.05, 3.63) is 0 Å². The number of hydrogen-bond acceptors (Lipinski definition) is 4. The van der Waals surface area contributed by atoms with Crippen molar-refractivity contribution < 1.29 is 8.42 Å². The van der Waals surface area contributed by atoms with E-state index in [-0.39, 0.29) is 5.25 Å². The number of sulfonamides is 1. The molecule has 1 aliphatic rings. The topological polar surface area (TPSA) is 49.4 Å². The number of nitrogens with zero attached hydrogens (tertiary/aromatic N) is 1. The van der Waals surface area contributed by atoms with Crippen LogP contribution in [-0.2, 0) is 10.0 Å². The molecule has 1 saturated heterocycles. The summed E-state index contributed by atoms with van der Waals surface area (Å²) in [5.41, 5.74) is 0. The molecule has 0 amide bonds. The Hall–Kier alpha value is 0.220. The summed E-state index contributed by atoms with van der Waals surface area (Å²) in [5.74, 6) is 0.919. The summed E-state index contributed by atoms with van der Waals surface area (Å²) in [6.45, 7) is 9.85. The number of hydrogen-bond donors (Lipinski definition) is 1. The van der Waals surface area contributed by atoms with E-state index in [0.717, 1.165) is 12.2 Å². The lowest BCUT2D eigenvalue weighted by atomic mass is 10.3. The van der Waals surface area contributed by atoms with Gasteiger partial charge in [-0.05, 0) is 13.3 Å². The van der Waals surface area contributed by atoms with Gasteiger partial charge >= 0.3 is 0 Å². The van der Waals surface area contributed by atoms with Gasteiger partial charge in [0.2, 0.25) is 10.0 Å². The summed E-state index contributed by atoms with van der Waals surface area (Å²) < 4.78 is 26.6. The van der Waals surface area contributed by atoms with Gasteiger partial charge in [-0.2, -0.15) is 16.1 Å². The Kier molecular flexibility index (Phi) is 6.44. The highest BCUT2D eigenvalue weighted by atomic mass is 32.2. The molecule has 6 heteroatoms. The summed E-state index contributed by atoms with van der Waals surface area (Å²) in [4.78, 5) is 0. The highest BCUT2D eigenvalue weighted by Crippen LogP contribution is 2.24. The summed E-state index contributed by atoms with van der Waals surface area (Å²) in [6, 6.07) is 0.322. The third kappa shape index (κ3) is 4.40. The predicted molar refractivity (Wildman–Crippen MR) is 79.6 cm³/mol. The van der Waals surface area contributed by atoms with E-state index in [1.807, 2.05) is 25.6 Å². The Balaban J connectivity index is 2.61. The minimum absolute atomic E-state index is 0.322. The zero-order chi connectivity index (χ0) is 13.8. The van der Waals surface area contributed by atoms with Crippen molar-refractivity contribution in [2.75, 3.05) is 25.4 Å². The highest BCUT2D eigenvalue weighted by Gasteiger charge is 2.32. The van der Waals surface area contributed by atoms with E-state index in [2.05, 4.69) is 12.2 Å². The SMILES string of the molecule is CCC1CN(S(=O)(=O)C(C)CNC(C)C)CCS1. The third-order valence-electron chi connectivity index (χ3n) is 3.24. The van der Waals surface area contributed by atoms with Gasteiger partial charge in [0, 0.05) is 36.7 Å². The van der Waals surface area contributed by atoms with Crippen LogP contribution in [0.1, 0.15) is 34.1 Å².